The number of rotatable bonds is 5. The van der Waals surface area contributed by atoms with E-state index in [-0.39, 0.29) is 6.42 Å². The number of hydrogen-bond acceptors (Lipinski definition) is 3. The topological polar surface area (TPSA) is 87.5 Å². The van der Waals surface area contributed by atoms with Crippen molar-refractivity contribution in [1.29, 1.82) is 0 Å². The van der Waals surface area contributed by atoms with Gasteiger partial charge >= 0.3 is 5.97 Å². The second kappa shape index (κ2) is 5.80. The van der Waals surface area contributed by atoms with Crippen LogP contribution < -0.4 is 0 Å². The van der Waals surface area contributed by atoms with Gasteiger partial charge in [0, 0.05) is 25.0 Å². The molecule has 5 nitrogen and oxygen atoms in total. The fourth-order valence-corrected chi connectivity index (χ4v) is 3.78. The van der Waals surface area contributed by atoms with E-state index >= 15 is 0 Å². The highest BCUT2D eigenvalue weighted by molar-refractivity contribution is 7.59. The number of benzene rings is 1. The van der Waals surface area contributed by atoms with E-state index in [0.717, 1.165) is 6.66 Å². The Morgan fingerprint density at radius 3 is 2.29 bits per heavy atom. The summed E-state index contributed by atoms with van der Waals surface area (Å²) in [7, 11) is -3.99. The monoisotopic (exact) mass is 305 g/mol. The summed E-state index contributed by atoms with van der Waals surface area (Å²) in [6.45, 7) is 1.08. The second-order valence-electron chi connectivity index (χ2n) is 4.91. The molecule has 2 rings (SSSR count). The maximum Gasteiger partial charge on any atom is 0.324 e. The molecule has 110 valence electrons. The first kappa shape index (κ1) is 15.4. The molecule has 0 amide bonds. The summed E-state index contributed by atoms with van der Waals surface area (Å²) in [6.07, 6.45) is 1.39. The van der Waals surface area contributed by atoms with Crippen LogP contribution in [0.3, 0.4) is 0 Å². The van der Waals surface area contributed by atoms with Crippen molar-refractivity contribution < 1.29 is 19.4 Å². The summed E-state index contributed by atoms with van der Waals surface area (Å²) in [5, 5.41) is 7.81. The molecule has 0 saturated carbocycles. The van der Waals surface area contributed by atoms with Crippen LogP contribution in [-0.2, 0) is 20.9 Å². The van der Waals surface area contributed by atoms with Crippen molar-refractivity contribution in [3.63, 3.8) is 0 Å². The lowest BCUT2D eigenvalue weighted by atomic mass is 9.93. The van der Waals surface area contributed by atoms with Crippen LogP contribution in [0.5, 0.6) is 0 Å². The van der Waals surface area contributed by atoms with Gasteiger partial charge in [-0.2, -0.15) is 0 Å². The molecule has 2 atom stereocenters. The van der Waals surface area contributed by atoms with Crippen molar-refractivity contribution in [2.45, 2.75) is 11.6 Å². The number of carbonyl (C=O) groups is 1. The van der Waals surface area contributed by atoms with Gasteiger partial charge in [-0.05, 0) is 17.7 Å². The quantitative estimate of drug-likeness (QED) is 0.829. The molecule has 6 heteroatoms. The Morgan fingerprint density at radius 2 is 1.81 bits per heavy atom. The van der Waals surface area contributed by atoms with Crippen molar-refractivity contribution in [3.8, 4) is 0 Å². The Labute approximate surface area is 122 Å². The lowest BCUT2D eigenvalue weighted by molar-refractivity contribution is -0.140. The number of carboxylic acid groups (broad SMARTS) is 1. The molecule has 0 radical (unpaired) electrons. The fourth-order valence-electron chi connectivity index (χ4n) is 2.34. The molecule has 1 heterocycles. The van der Waals surface area contributed by atoms with Crippen LogP contribution in [0.15, 0.2) is 54.7 Å². The number of nitrogens with zero attached hydrogens (tertiary/aromatic N) is 1. The highest BCUT2D eigenvalue weighted by Gasteiger charge is 2.53. The van der Waals surface area contributed by atoms with Gasteiger partial charge in [0.2, 0.25) is 7.37 Å². The van der Waals surface area contributed by atoms with E-state index in [1.165, 1.54) is 6.20 Å². The van der Waals surface area contributed by atoms with E-state index in [1.807, 2.05) is 0 Å². The largest absolute Gasteiger partial charge is 0.480 e. The number of pyridine rings is 1. The Bertz CT molecular complexity index is 669. The summed E-state index contributed by atoms with van der Waals surface area (Å²) >= 11 is 0. The maximum absolute atomic E-state index is 12.4. The molecule has 0 spiro atoms. The summed E-state index contributed by atoms with van der Waals surface area (Å²) in [4.78, 5) is 26.2. The van der Waals surface area contributed by atoms with E-state index in [0.29, 0.717) is 11.3 Å². The highest BCUT2D eigenvalue weighted by atomic mass is 31.2. The summed E-state index contributed by atoms with van der Waals surface area (Å²) in [5.41, 5.74) is 0.761. The van der Waals surface area contributed by atoms with E-state index in [9.17, 15) is 19.4 Å². The van der Waals surface area contributed by atoms with Crippen molar-refractivity contribution in [2.24, 2.45) is 0 Å². The number of aromatic nitrogens is 1. The third-order valence-corrected chi connectivity index (χ3v) is 5.50. The van der Waals surface area contributed by atoms with E-state index in [1.54, 1.807) is 48.5 Å². The molecule has 0 aliphatic heterocycles. The van der Waals surface area contributed by atoms with Gasteiger partial charge in [-0.25, -0.2) is 0 Å². The molecule has 1 aromatic heterocycles. The van der Waals surface area contributed by atoms with Gasteiger partial charge in [0.05, 0.1) is 0 Å². The minimum absolute atomic E-state index is 0.141. The van der Waals surface area contributed by atoms with Gasteiger partial charge in [-0.15, -0.1) is 0 Å². The molecule has 0 bridgehead atoms. The molecule has 0 aliphatic rings. The third kappa shape index (κ3) is 2.89. The zero-order valence-electron chi connectivity index (χ0n) is 11.5. The lowest BCUT2D eigenvalue weighted by Crippen LogP contribution is -2.38. The second-order valence-corrected chi connectivity index (χ2v) is 7.43. The average Bonchev–Trinajstić information content (AvgIpc) is 2.45. The molecule has 0 aliphatic carbocycles. The van der Waals surface area contributed by atoms with Crippen molar-refractivity contribution >= 4 is 13.3 Å². The Kier molecular flexibility index (Phi) is 4.26. The fraction of sp³-hybridized carbons (Fsp3) is 0.200. The molecular weight excluding hydrogens is 289 g/mol. The normalized spacial score (nSPS) is 16.7. The van der Waals surface area contributed by atoms with E-state index in [4.69, 9.17) is 0 Å². The SMILES string of the molecule is CP(=O)(O)C(Cc1ccccn1)(C(=O)O)c1ccccc1. The molecular formula is C15H16NO4P. The van der Waals surface area contributed by atoms with E-state index in [2.05, 4.69) is 4.98 Å². The van der Waals surface area contributed by atoms with Crippen LogP contribution >= 0.6 is 7.37 Å². The summed E-state index contributed by atoms with van der Waals surface area (Å²) in [5.74, 6) is -1.33. The van der Waals surface area contributed by atoms with Crippen LogP contribution in [0, 0.1) is 0 Å². The molecule has 1 aromatic carbocycles. The molecule has 2 aromatic rings. The van der Waals surface area contributed by atoms with Gasteiger partial charge in [0.15, 0.2) is 5.16 Å². The molecule has 0 fully saturated rings. The van der Waals surface area contributed by atoms with Gasteiger partial charge < -0.3 is 10.00 Å². The zero-order chi connectivity index (χ0) is 15.5. The zero-order valence-corrected chi connectivity index (χ0v) is 12.4. The van der Waals surface area contributed by atoms with Gasteiger partial charge in [0.25, 0.3) is 0 Å². The first-order chi connectivity index (χ1) is 9.88. The predicted molar refractivity (Wildman–Crippen MR) is 79.4 cm³/mol. The number of carboxylic acids is 1. The third-order valence-electron chi connectivity index (χ3n) is 3.48. The first-order valence-electron chi connectivity index (χ1n) is 6.37. The van der Waals surface area contributed by atoms with Crippen LogP contribution in [0.1, 0.15) is 11.3 Å². The minimum Gasteiger partial charge on any atom is -0.480 e. The Hall–Kier alpha value is -1.97. The summed E-state index contributed by atoms with van der Waals surface area (Å²) < 4.78 is 12.4. The maximum atomic E-state index is 12.4. The van der Waals surface area contributed by atoms with Crippen molar-refractivity contribution in [3.05, 3.63) is 66.0 Å². The lowest BCUT2D eigenvalue weighted by Gasteiger charge is -2.32. The molecule has 0 saturated heterocycles. The predicted octanol–water partition coefficient (Wildman–Crippen LogP) is 2.50. The minimum atomic E-state index is -3.99. The smallest absolute Gasteiger partial charge is 0.324 e. The Morgan fingerprint density at radius 1 is 1.19 bits per heavy atom. The van der Waals surface area contributed by atoms with Gasteiger partial charge in [-0.3, -0.25) is 14.3 Å². The number of aliphatic carboxylic acids is 1. The van der Waals surface area contributed by atoms with Crippen LogP contribution in [0.4, 0.5) is 0 Å². The highest BCUT2D eigenvalue weighted by Crippen LogP contribution is 2.59. The van der Waals surface area contributed by atoms with Crippen molar-refractivity contribution in [1.82, 2.24) is 4.98 Å². The number of hydrogen-bond donors (Lipinski definition) is 2. The molecule has 21 heavy (non-hydrogen) atoms. The van der Waals surface area contributed by atoms with Gasteiger partial charge in [-0.1, -0.05) is 36.4 Å². The van der Waals surface area contributed by atoms with Crippen LogP contribution in [0.2, 0.25) is 0 Å². The standard InChI is InChI=1S/C15H16NO4P/c1-21(19,20)15(14(17)18,12-7-3-2-4-8-12)11-13-9-5-6-10-16-13/h2-10H,11H2,1H3,(H,17,18)(H,19,20). The molecule has 2 unspecified atom stereocenters. The average molecular weight is 305 g/mol. The first-order valence-corrected chi connectivity index (χ1v) is 8.48. The van der Waals surface area contributed by atoms with Crippen LogP contribution in [0.25, 0.3) is 0 Å². The van der Waals surface area contributed by atoms with E-state index < -0.39 is 18.5 Å². The summed E-state index contributed by atoms with van der Waals surface area (Å²) in [6, 6.07) is 13.2. The Balaban J connectivity index is 2.63. The van der Waals surface area contributed by atoms with Crippen molar-refractivity contribution in [2.75, 3.05) is 6.66 Å². The molecule has 2 N–H and O–H groups in total. The van der Waals surface area contributed by atoms with Gasteiger partial charge in [0.1, 0.15) is 0 Å². The van der Waals surface area contributed by atoms with Crippen LogP contribution in [-0.4, -0.2) is 27.6 Å².